The Balaban J connectivity index is 1.96. The average Bonchev–Trinajstić information content (AvgIpc) is 2.86. The van der Waals surface area contributed by atoms with E-state index in [-0.39, 0.29) is 17.1 Å². The van der Waals surface area contributed by atoms with Crippen LogP contribution in [-0.4, -0.2) is 18.2 Å². The maximum atomic E-state index is 12.6. The molecule has 3 nitrogen and oxygen atoms in total. The van der Waals surface area contributed by atoms with E-state index in [1.807, 2.05) is 12.1 Å². The Morgan fingerprint density at radius 1 is 1.26 bits per heavy atom. The zero-order valence-corrected chi connectivity index (χ0v) is 11.3. The zero-order valence-electron chi connectivity index (χ0n) is 11.3. The number of hydrogen-bond donors (Lipinski definition) is 1. The van der Waals surface area contributed by atoms with Crippen LogP contribution in [0, 0.1) is 5.41 Å². The number of Topliss-reactive ketones (excluding diaryl/α,β-unsaturated/α-hetero) is 1. The third-order valence-corrected chi connectivity index (χ3v) is 4.55. The molecule has 1 aliphatic carbocycles. The average molecular weight is 257 g/mol. The van der Waals surface area contributed by atoms with Crippen molar-refractivity contribution in [2.75, 3.05) is 6.54 Å². The van der Waals surface area contributed by atoms with Gasteiger partial charge >= 0.3 is 0 Å². The number of hydrogen-bond acceptors (Lipinski definition) is 2. The number of benzene rings is 1. The lowest BCUT2D eigenvalue weighted by Gasteiger charge is -2.23. The minimum Gasteiger partial charge on any atom is -0.352 e. The highest BCUT2D eigenvalue weighted by atomic mass is 16.1. The number of carbonyl (C=O) groups excluding carboxylic acids is 2. The van der Waals surface area contributed by atoms with Gasteiger partial charge in [-0.3, -0.25) is 9.59 Å². The molecule has 1 aliphatic heterocycles. The number of ketones is 1. The van der Waals surface area contributed by atoms with Crippen molar-refractivity contribution in [1.82, 2.24) is 5.32 Å². The topological polar surface area (TPSA) is 46.2 Å². The van der Waals surface area contributed by atoms with Gasteiger partial charge in [-0.2, -0.15) is 0 Å². The molecule has 1 N–H and O–H groups in total. The highest BCUT2D eigenvalue weighted by Gasteiger charge is 2.37. The molecule has 0 spiro atoms. The molecule has 1 aromatic carbocycles. The summed E-state index contributed by atoms with van der Waals surface area (Å²) in [6.07, 6.45) is 5.05. The van der Waals surface area contributed by atoms with Gasteiger partial charge in [0.1, 0.15) is 0 Å². The summed E-state index contributed by atoms with van der Waals surface area (Å²) < 4.78 is 0. The lowest BCUT2D eigenvalue weighted by Crippen LogP contribution is -2.32. The van der Waals surface area contributed by atoms with Crippen LogP contribution in [0.15, 0.2) is 18.2 Å². The van der Waals surface area contributed by atoms with Crippen molar-refractivity contribution in [2.24, 2.45) is 5.41 Å². The summed E-state index contributed by atoms with van der Waals surface area (Å²) in [7, 11) is 0. The highest BCUT2D eigenvalue weighted by molar-refractivity contribution is 6.04. The van der Waals surface area contributed by atoms with Gasteiger partial charge in [-0.15, -0.1) is 0 Å². The van der Waals surface area contributed by atoms with Crippen molar-refractivity contribution < 1.29 is 9.59 Å². The third-order valence-electron chi connectivity index (χ3n) is 4.55. The first-order chi connectivity index (χ1) is 9.10. The monoisotopic (exact) mass is 257 g/mol. The molecule has 1 fully saturated rings. The summed E-state index contributed by atoms with van der Waals surface area (Å²) in [5.74, 6) is 0.152. The number of amides is 1. The van der Waals surface area contributed by atoms with Gasteiger partial charge in [-0.1, -0.05) is 31.9 Å². The molecule has 3 heteroatoms. The van der Waals surface area contributed by atoms with Crippen LogP contribution in [0.2, 0.25) is 0 Å². The number of rotatable bonds is 2. The Bertz CT molecular complexity index is 542. The smallest absolute Gasteiger partial charge is 0.251 e. The Labute approximate surface area is 113 Å². The predicted octanol–water partition coefficient (Wildman–Crippen LogP) is 2.74. The van der Waals surface area contributed by atoms with Crippen molar-refractivity contribution in [1.29, 1.82) is 0 Å². The van der Waals surface area contributed by atoms with Crippen molar-refractivity contribution in [2.45, 2.75) is 39.0 Å². The molecule has 1 saturated carbocycles. The van der Waals surface area contributed by atoms with E-state index in [0.717, 1.165) is 37.7 Å². The van der Waals surface area contributed by atoms with Crippen LogP contribution in [0.3, 0.4) is 0 Å². The minimum absolute atomic E-state index is 0.0486. The van der Waals surface area contributed by atoms with Crippen LogP contribution < -0.4 is 5.32 Å². The molecule has 3 rings (SSSR count). The first-order valence-electron chi connectivity index (χ1n) is 7.06. The molecule has 1 heterocycles. The summed E-state index contributed by atoms with van der Waals surface area (Å²) >= 11 is 0. The van der Waals surface area contributed by atoms with Crippen LogP contribution >= 0.6 is 0 Å². The molecule has 1 aromatic rings. The Hall–Kier alpha value is -1.64. The third kappa shape index (κ3) is 2.07. The second-order valence-electron chi connectivity index (χ2n) is 5.97. The summed E-state index contributed by atoms with van der Waals surface area (Å²) in [6, 6.07) is 5.62. The molecular weight excluding hydrogens is 238 g/mol. The van der Waals surface area contributed by atoms with E-state index in [1.165, 1.54) is 0 Å². The fourth-order valence-corrected chi connectivity index (χ4v) is 3.28. The van der Waals surface area contributed by atoms with Crippen molar-refractivity contribution in [3.63, 3.8) is 0 Å². The van der Waals surface area contributed by atoms with Gasteiger partial charge in [0.2, 0.25) is 0 Å². The normalized spacial score (nSPS) is 20.8. The lowest BCUT2D eigenvalue weighted by atomic mass is 9.80. The highest BCUT2D eigenvalue weighted by Crippen LogP contribution is 2.40. The molecule has 0 saturated heterocycles. The fraction of sp³-hybridized carbons (Fsp3) is 0.500. The van der Waals surface area contributed by atoms with Gasteiger partial charge in [-0.25, -0.2) is 0 Å². The molecular formula is C16H19NO2. The molecule has 0 atom stereocenters. The maximum Gasteiger partial charge on any atom is 0.251 e. The number of nitrogens with one attached hydrogen (secondary N) is 1. The Kier molecular flexibility index (Phi) is 2.92. The Morgan fingerprint density at radius 3 is 2.74 bits per heavy atom. The van der Waals surface area contributed by atoms with E-state index in [0.29, 0.717) is 17.7 Å². The predicted molar refractivity (Wildman–Crippen MR) is 73.4 cm³/mol. The first kappa shape index (κ1) is 12.4. The van der Waals surface area contributed by atoms with Gasteiger partial charge in [0.15, 0.2) is 5.78 Å². The molecule has 0 radical (unpaired) electrons. The first-order valence-corrected chi connectivity index (χ1v) is 7.06. The van der Waals surface area contributed by atoms with Gasteiger partial charge in [0.25, 0.3) is 5.91 Å². The van der Waals surface area contributed by atoms with E-state index >= 15 is 0 Å². The molecule has 0 aromatic heterocycles. The van der Waals surface area contributed by atoms with E-state index in [4.69, 9.17) is 0 Å². The van der Waals surface area contributed by atoms with Crippen molar-refractivity contribution in [3.8, 4) is 0 Å². The second kappa shape index (κ2) is 4.48. The molecule has 1 amide bonds. The van der Waals surface area contributed by atoms with Gasteiger partial charge in [0.05, 0.1) is 0 Å². The van der Waals surface area contributed by atoms with Crippen LogP contribution in [0.25, 0.3) is 0 Å². The second-order valence-corrected chi connectivity index (χ2v) is 5.97. The van der Waals surface area contributed by atoms with Crippen LogP contribution in [0.1, 0.15) is 58.9 Å². The van der Waals surface area contributed by atoms with Crippen molar-refractivity contribution in [3.05, 3.63) is 34.9 Å². The maximum absolute atomic E-state index is 12.6. The number of fused-ring (bicyclic) bond motifs is 1. The summed E-state index contributed by atoms with van der Waals surface area (Å²) in [5.41, 5.74) is 2.20. The summed E-state index contributed by atoms with van der Waals surface area (Å²) in [6.45, 7) is 2.75. The van der Waals surface area contributed by atoms with E-state index in [2.05, 4.69) is 12.2 Å². The standard InChI is InChI=1S/C16H19NO2/c1-16(7-2-3-8-16)14(18)12-5-4-11-6-9-17-15(19)13(11)10-12/h4-5,10H,2-3,6-9H2,1H3,(H,17,19). The summed E-state index contributed by atoms with van der Waals surface area (Å²) in [4.78, 5) is 24.5. The molecule has 100 valence electrons. The van der Waals surface area contributed by atoms with Crippen LogP contribution in [0.4, 0.5) is 0 Å². The van der Waals surface area contributed by atoms with Gasteiger partial charge in [-0.05, 0) is 30.9 Å². The largest absolute Gasteiger partial charge is 0.352 e. The van der Waals surface area contributed by atoms with E-state index in [1.54, 1.807) is 6.07 Å². The lowest BCUT2D eigenvalue weighted by molar-refractivity contribution is 0.0823. The molecule has 19 heavy (non-hydrogen) atoms. The zero-order chi connectivity index (χ0) is 13.5. The molecule has 0 bridgehead atoms. The van der Waals surface area contributed by atoms with Crippen LogP contribution in [-0.2, 0) is 6.42 Å². The quantitative estimate of drug-likeness (QED) is 0.828. The van der Waals surface area contributed by atoms with Crippen molar-refractivity contribution >= 4 is 11.7 Å². The fourth-order valence-electron chi connectivity index (χ4n) is 3.28. The van der Waals surface area contributed by atoms with E-state index in [9.17, 15) is 9.59 Å². The van der Waals surface area contributed by atoms with Crippen LogP contribution in [0.5, 0.6) is 0 Å². The van der Waals surface area contributed by atoms with E-state index < -0.39 is 0 Å². The minimum atomic E-state index is -0.223. The number of carbonyl (C=O) groups is 2. The molecule has 0 unspecified atom stereocenters. The Morgan fingerprint density at radius 2 is 2.00 bits per heavy atom. The SMILES string of the molecule is CC1(C(=O)c2ccc3c(c2)C(=O)NCC3)CCCC1. The van der Waals surface area contributed by atoms with Gasteiger partial charge < -0.3 is 5.32 Å². The van der Waals surface area contributed by atoms with Gasteiger partial charge in [0, 0.05) is 23.1 Å². The molecule has 2 aliphatic rings. The summed E-state index contributed by atoms with van der Waals surface area (Å²) in [5, 5.41) is 2.83.